The van der Waals surface area contributed by atoms with Gasteiger partial charge >= 0.3 is 11.9 Å². The lowest BCUT2D eigenvalue weighted by atomic mass is 9.97. The van der Waals surface area contributed by atoms with Crippen LogP contribution in [-0.2, 0) is 19.1 Å². The zero-order valence-electron chi connectivity index (χ0n) is 7.25. The average Bonchev–Trinajstić information content (AvgIpc) is 2.59. The Morgan fingerprint density at radius 1 is 0.929 bits per heavy atom. The zero-order valence-corrected chi connectivity index (χ0v) is 7.25. The van der Waals surface area contributed by atoms with Gasteiger partial charge in [0, 0.05) is 0 Å². The molecule has 14 heavy (non-hydrogen) atoms. The predicted octanol–water partition coefficient (Wildman–Crippen LogP) is -0.814. The first-order chi connectivity index (χ1) is 6.61. The third-order valence-corrected chi connectivity index (χ3v) is 2.69. The fraction of sp³-hybridized carbons (Fsp3) is 0.750. The lowest BCUT2D eigenvalue weighted by molar-refractivity contribution is -0.145. The highest BCUT2D eigenvalue weighted by atomic mass is 16.6. The summed E-state index contributed by atoms with van der Waals surface area (Å²) < 4.78 is 10.3. The van der Waals surface area contributed by atoms with Crippen molar-refractivity contribution in [2.75, 3.05) is 13.2 Å². The van der Waals surface area contributed by atoms with Gasteiger partial charge in [0.1, 0.15) is 24.0 Å². The topological polar surface area (TPSA) is 93.1 Å². The van der Waals surface area contributed by atoms with Crippen molar-refractivity contribution in [1.29, 1.82) is 0 Å². The van der Waals surface area contributed by atoms with Gasteiger partial charge in [-0.1, -0.05) is 0 Å². The lowest BCUT2D eigenvalue weighted by Crippen LogP contribution is -2.32. The van der Waals surface area contributed by atoms with Crippen LogP contribution >= 0.6 is 0 Å². The van der Waals surface area contributed by atoms with Crippen LogP contribution in [0.1, 0.15) is 0 Å². The second-order valence-corrected chi connectivity index (χ2v) is 3.49. The molecule has 2 heterocycles. The smallest absolute Gasteiger partial charge is 0.311 e. The molecule has 0 bridgehead atoms. The second-order valence-electron chi connectivity index (χ2n) is 3.49. The van der Waals surface area contributed by atoms with Crippen LogP contribution in [0.4, 0.5) is 0 Å². The molecule has 6 nitrogen and oxygen atoms in total. The minimum Gasteiger partial charge on any atom is -0.481 e. The molecule has 2 fully saturated rings. The van der Waals surface area contributed by atoms with Crippen LogP contribution in [0, 0.1) is 11.8 Å². The highest BCUT2D eigenvalue weighted by Crippen LogP contribution is 2.34. The monoisotopic (exact) mass is 202 g/mol. The SMILES string of the molecule is O=C(O)[C@H]1CO[C@H]2[C@@H]1OC[C@@H]2C(=O)O. The molecule has 0 amide bonds. The molecule has 2 N–H and O–H groups in total. The van der Waals surface area contributed by atoms with E-state index in [1.54, 1.807) is 0 Å². The summed E-state index contributed by atoms with van der Waals surface area (Å²) in [7, 11) is 0. The Balaban J connectivity index is 2.11. The van der Waals surface area contributed by atoms with E-state index < -0.39 is 36.0 Å². The van der Waals surface area contributed by atoms with Gasteiger partial charge in [-0.15, -0.1) is 0 Å². The maximum atomic E-state index is 10.7. The average molecular weight is 202 g/mol. The number of rotatable bonds is 2. The number of carbonyl (C=O) groups is 2. The molecule has 0 aromatic heterocycles. The number of hydrogen-bond acceptors (Lipinski definition) is 4. The van der Waals surface area contributed by atoms with Crippen LogP contribution in [0.15, 0.2) is 0 Å². The number of hydrogen-bond donors (Lipinski definition) is 2. The number of carboxylic acids is 2. The molecule has 78 valence electrons. The number of carboxylic acid groups (broad SMARTS) is 2. The van der Waals surface area contributed by atoms with Crippen molar-refractivity contribution in [2.45, 2.75) is 12.2 Å². The fourth-order valence-electron chi connectivity index (χ4n) is 1.92. The van der Waals surface area contributed by atoms with Gasteiger partial charge in [0.05, 0.1) is 13.2 Å². The maximum absolute atomic E-state index is 10.7. The molecule has 2 aliphatic heterocycles. The summed E-state index contributed by atoms with van der Waals surface area (Å²) in [5.74, 6) is -3.46. The van der Waals surface area contributed by atoms with Crippen molar-refractivity contribution < 1.29 is 29.3 Å². The molecule has 2 aliphatic rings. The molecule has 6 heteroatoms. The summed E-state index contributed by atoms with van der Waals surface area (Å²) in [5.41, 5.74) is 0. The first kappa shape index (κ1) is 9.42. The van der Waals surface area contributed by atoms with Crippen molar-refractivity contribution in [3.05, 3.63) is 0 Å². The summed E-state index contributed by atoms with van der Waals surface area (Å²) in [4.78, 5) is 21.4. The van der Waals surface area contributed by atoms with Crippen LogP contribution in [0.5, 0.6) is 0 Å². The van der Waals surface area contributed by atoms with Gasteiger partial charge in [0.2, 0.25) is 0 Å². The molecular weight excluding hydrogens is 192 g/mol. The maximum Gasteiger partial charge on any atom is 0.311 e. The van der Waals surface area contributed by atoms with E-state index >= 15 is 0 Å². The molecule has 0 aliphatic carbocycles. The largest absolute Gasteiger partial charge is 0.481 e. The fourth-order valence-corrected chi connectivity index (χ4v) is 1.92. The third-order valence-electron chi connectivity index (χ3n) is 2.69. The molecule has 2 saturated heterocycles. The van der Waals surface area contributed by atoms with Gasteiger partial charge in [-0.3, -0.25) is 9.59 Å². The zero-order chi connectivity index (χ0) is 10.3. The Hall–Kier alpha value is -1.14. The normalized spacial score (nSPS) is 40.9. The van der Waals surface area contributed by atoms with E-state index in [0.29, 0.717) is 0 Å². The second kappa shape index (κ2) is 3.21. The van der Waals surface area contributed by atoms with Gasteiger partial charge in [-0.05, 0) is 0 Å². The summed E-state index contributed by atoms with van der Waals surface area (Å²) >= 11 is 0. The van der Waals surface area contributed by atoms with Crippen molar-refractivity contribution >= 4 is 11.9 Å². The minimum absolute atomic E-state index is 0.0362. The Labute approximate surface area is 79.4 Å². The van der Waals surface area contributed by atoms with Crippen LogP contribution < -0.4 is 0 Å². The summed E-state index contributed by atoms with van der Waals surface area (Å²) in [6.45, 7) is 0.0723. The standard InChI is InChI=1S/C8H10O6/c9-7(10)3-1-13-6-4(8(11)12)2-14-5(3)6/h3-6H,1-2H2,(H,9,10)(H,11,12)/t3-,4-,5+,6+/m0/s1. The Morgan fingerprint density at radius 3 is 1.57 bits per heavy atom. The van der Waals surface area contributed by atoms with E-state index in [2.05, 4.69) is 0 Å². The van der Waals surface area contributed by atoms with Crippen molar-refractivity contribution in [2.24, 2.45) is 11.8 Å². The number of ether oxygens (including phenoxy) is 2. The quantitative estimate of drug-likeness (QED) is 0.608. The third kappa shape index (κ3) is 1.27. The molecule has 0 aromatic carbocycles. The molecule has 0 saturated carbocycles. The van der Waals surface area contributed by atoms with Gasteiger partial charge in [-0.25, -0.2) is 0 Å². The first-order valence-electron chi connectivity index (χ1n) is 4.30. The van der Waals surface area contributed by atoms with E-state index in [9.17, 15) is 9.59 Å². The van der Waals surface area contributed by atoms with Gasteiger partial charge in [0.25, 0.3) is 0 Å². The number of aliphatic carboxylic acids is 2. The predicted molar refractivity (Wildman–Crippen MR) is 41.7 cm³/mol. The van der Waals surface area contributed by atoms with Gasteiger partial charge in [0.15, 0.2) is 0 Å². The van der Waals surface area contributed by atoms with Crippen molar-refractivity contribution in [3.8, 4) is 0 Å². The Kier molecular flexibility index (Phi) is 2.16. The Bertz CT molecular complexity index is 247. The van der Waals surface area contributed by atoms with E-state index in [4.69, 9.17) is 19.7 Å². The highest BCUT2D eigenvalue weighted by molar-refractivity contribution is 5.74. The van der Waals surface area contributed by atoms with Crippen LogP contribution in [0.25, 0.3) is 0 Å². The van der Waals surface area contributed by atoms with Crippen LogP contribution in [0.3, 0.4) is 0 Å². The molecule has 0 spiro atoms. The van der Waals surface area contributed by atoms with Crippen LogP contribution in [-0.4, -0.2) is 47.6 Å². The van der Waals surface area contributed by atoms with Crippen molar-refractivity contribution in [1.82, 2.24) is 0 Å². The molecular formula is C8H10O6. The molecule has 0 radical (unpaired) electrons. The summed E-state index contributed by atoms with van der Waals surface area (Å²) in [5, 5.41) is 17.6. The summed E-state index contributed by atoms with van der Waals surface area (Å²) in [6.07, 6.45) is -1.21. The van der Waals surface area contributed by atoms with E-state index in [0.717, 1.165) is 0 Å². The lowest BCUT2D eigenvalue weighted by Gasteiger charge is -2.11. The van der Waals surface area contributed by atoms with Gasteiger partial charge < -0.3 is 19.7 Å². The highest BCUT2D eigenvalue weighted by Gasteiger charge is 2.52. The molecule has 2 rings (SSSR count). The molecule has 0 aromatic rings. The number of fused-ring (bicyclic) bond motifs is 1. The van der Waals surface area contributed by atoms with E-state index in [1.807, 2.05) is 0 Å². The van der Waals surface area contributed by atoms with E-state index in [-0.39, 0.29) is 13.2 Å². The molecule has 0 unspecified atom stereocenters. The minimum atomic E-state index is -0.997. The summed E-state index contributed by atoms with van der Waals surface area (Å²) in [6, 6.07) is 0. The van der Waals surface area contributed by atoms with Crippen molar-refractivity contribution in [3.63, 3.8) is 0 Å². The Morgan fingerprint density at radius 2 is 1.29 bits per heavy atom. The van der Waals surface area contributed by atoms with E-state index in [1.165, 1.54) is 0 Å². The van der Waals surface area contributed by atoms with Crippen LogP contribution in [0.2, 0.25) is 0 Å². The van der Waals surface area contributed by atoms with Gasteiger partial charge in [-0.2, -0.15) is 0 Å². The molecule has 4 atom stereocenters. The first-order valence-corrected chi connectivity index (χ1v) is 4.30.